The molecule has 0 unspecified atom stereocenters. The topological polar surface area (TPSA) is 91.0 Å². The van der Waals surface area contributed by atoms with Crippen molar-refractivity contribution in [1.29, 1.82) is 0 Å². The highest BCUT2D eigenvalue weighted by Gasteiger charge is 2.49. The van der Waals surface area contributed by atoms with Crippen molar-refractivity contribution in [2.24, 2.45) is 0 Å². The van der Waals surface area contributed by atoms with E-state index < -0.39 is 17.5 Å². The minimum atomic E-state index is -1.21. The quantitative estimate of drug-likeness (QED) is 0.623. The second kappa shape index (κ2) is 9.59. The summed E-state index contributed by atoms with van der Waals surface area (Å²) in [5.74, 6) is -0.719. The number of nitrogens with one attached hydrogen (secondary N) is 2. The lowest BCUT2D eigenvalue weighted by Crippen LogP contribution is -2.60. The lowest BCUT2D eigenvalue weighted by molar-refractivity contribution is -0.135. The third-order valence-corrected chi connectivity index (χ3v) is 7.98. The molecule has 5 rings (SSSR count). The fraction of sp³-hybridized carbons (Fsp3) is 0.519. The van der Waals surface area contributed by atoms with Crippen molar-refractivity contribution in [2.45, 2.75) is 50.1 Å². The summed E-state index contributed by atoms with van der Waals surface area (Å²) in [5, 5.41) is 7.92. The summed E-state index contributed by atoms with van der Waals surface area (Å²) in [6.07, 6.45) is 5.58. The van der Waals surface area contributed by atoms with Gasteiger partial charge in [-0.1, -0.05) is 55.7 Å². The summed E-state index contributed by atoms with van der Waals surface area (Å²) in [4.78, 5) is 42.6. The van der Waals surface area contributed by atoms with Gasteiger partial charge in [-0.2, -0.15) is 0 Å². The number of hydrogen-bond acceptors (Lipinski definition) is 5. The maximum Gasteiger partial charge on any atom is 0.325 e. The van der Waals surface area contributed by atoms with E-state index >= 15 is 0 Å². The van der Waals surface area contributed by atoms with Crippen molar-refractivity contribution in [3.8, 4) is 0 Å². The van der Waals surface area contributed by atoms with E-state index in [9.17, 15) is 14.4 Å². The van der Waals surface area contributed by atoms with Crippen LogP contribution in [0.4, 0.5) is 4.79 Å². The molecule has 3 aliphatic rings. The Kier molecular flexibility index (Phi) is 6.51. The number of ether oxygens (including phenoxy) is 1. The number of urea groups is 1. The summed E-state index contributed by atoms with van der Waals surface area (Å²) < 4.78 is 5.54. The second-order valence-electron chi connectivity index (χ2n) is 10.2. The molecule has 1 atom stereocenters. The molecular formula is C27H34N4O4. The molecule has 1 aliphatic carbocycles. The number of carbonyl (C=O) groups excluding carboxylic acids is 3. The van der Waals surface area contributed by atoms with Crippen LogP contribution in [0, 0.1) is 0 Å². The molecule has 2 heterocycles. The first-order valence-corrected chi connectivity index (χ1v) is 12.6. The van der Waals surface area contributed by atoms with Crippen molar-refractivity contribution in [3.05, 3.63) is 48.0 Å². The number of benzene rings is 2. The number of fused-ring (bicyclic) bond motifs is 1. The number of amides is 4. The molecule has 2 aromatic carbocycles. The normalized spacial score (nSPS) is 25.0. The van der Waals surface area contributed by atoms with Crippen molar-refractivity contribution in [3.63, 3.8) is 0 Å². The predicted molar refractivity (Wildman–Crippen MR) is 133 cm³/mol. The maximum absolute atomic E-state index is 13.4. The number of imide groups is 1. The molecule has 0 radical (unpaired) electrons. The average molecular weight is 479 g/mol. The molecule has 2 aromatic rings. The standard InChI is InChI=1S/C27H34N4O4/c1-26(22-10-9-20-7-3-4-8-21(20)17-22)24(33)31(25(34)29-26)18-23(32)28-19-27(11-5-2-6-12-27)30-13-15-35-16-14-30/h3-4,7-10,17H,2,5-6,11-16,18-19H2,1H3,(H,28,32)(H,29,34)/t26-/m0/s1. The van der Waals surface area contributed by atoms with Gasteiger partial charge in [0.05, 0.1) is 13.2 Å². The van der Waals surface area contributed by atoms with Crippen LogP contribution in [-0.4, -0.2) is 72.6 Å². The van der Waals surface area contributed by atoms with E-state index in [0.29, 0.717) is 25.3 Å². The van der Waals surface area contributed by atoms with Gasteiger partial charge in [-0.15, -0.1) is 0 Å². The summed E-state index contributed by atoms with van der Waals surface area (Å²) >= 11 is 0. The van der Waals surface area contributed by atoms with Crippen molar-refractivity contribution < 1.29 is 19.1 Å². The molecule has 186 valence electrons. The number of hydrogen-bond donors (Lipinski definition) is 2. The minimum Gasteiger partial charge on any atom is -0.379 e. The van der Waals surface area contributed by atoms with Crippen LogP contribution in [0.3, 0.4) is 0 Å². The Morgan fingerprint density at radius 3 is 2.49 bits per heavy atom. The van der Waals surface area contributed by atoms with Gasteiger partial charge in [-0.25, -0.2) is 4.79 Å². The van der Waals surface area contributed by atoms with Crippen LogP contribution < -0.4 is 10.6 Å². The van der Waals surface area contributed by atoms with Gasteiger partial charge in [0.25, 0.3) is 5.91 Å². The summed E-state index contributed by atoms with van der Waals surface area (Å²) in [5.41, 5.74) is -0.583. The smallest absolute Gasteiger partial charge is 0.325 e. The van der Waals surface area contributed by atoms with E-state index in [4.69, 9.17) is 4.74 Å². The minimum absolute atomic E-state index is 0.0748. The zero-order valence-corrected chi connectivity index (χ0v) is 20.3. The largest absolute Gasteiger partial charge is 0.379 e. The molecule has 8 heteroatoms. The zero-order valence-electron chi connectivity index (χ0n) is 20.3. The van der Waals surface area contributed by atoms with Crippen molar-refractivity contribution in [1.82, 2.24) is 20.4 Å². The van der Waals surface area contributed by atoms with Gasteiger partial charge in [0.15, 0.2) is 0 Å². The van der Waals surface area contributed by atoms with Crippen LogP contribution >= 0.6 is 0 Å². The van der Waals surface area contributed by atoms with Crippen LogP contribution in [-0.2, 0) is 19.9 Å². The van der Waals surface area contributed by atoms with Gasteiger partial charge in [0.2, 0.25) is 5.91 Å². The number of rotatable bonds is 6. The number of carbonyl (C=O) groups is 3. The maximum atomic E-state index is 13.4. The summed E-state index contributed by atoms with van der Waals surface area (Å²) in [6, 6.07) is 13.1. The van der Waals surface area contributed by atoms with E-state index in [1.54, 1.807) is 6.92 Å². The molecule has 3 fully saturated rings. The molecule has 1 saturated carbocycles. The van der Waals surface area contributed by atoms with Gasteiger partial charge in [-0.05, 0) is 42.2 Å². The third-order valence-electron chi connectivity index (χ3n) is 7.98. The summed E-state index contributed by atoms with van der Waals surface area (Å²) in [6.45, 7) is 5.10. The first kappa shape index (κ1) is 23.8. The number of morpholine rings is 1. The van der Waals surface area contributed by atoms with Gasteiger partial charge >= 0.3 is 6.03 Å². The van der Waals surface area contributed by atoms with E-state index in [-0.39, 0.29) is 18.0 Å². The molecular weight excluding hydrogens is 444 g/mol. The molecule has 0 bridgehead atoms. The van der Waals surface area contributed by atoms with E-state index in [1.165, 1.54) is 6.42 Å². The lowest BCUT2D eigenvalue weighted by Gasteiger charge is -2.48. The monoisotopic (exact) mass is 478 g/mol. The van der Waals surface area contributed by atoms with E-state index in [1.807, 2.05) is 42.5 Å². The van der Waals surface area contributed by atoms with Gasteiger partial charge in [-0.3, -0.25) is 19.4 Å². The highest BCUT2D eigenvalue weighted by Crippen LogP contribution is 2.34. The van der Waals surface area contributed by atoms with Crippen LogP contribution in [0.25, 0.3) is 10.8 Å². The van der Waals surface area contributed by atoms with E-state index in [2.05, 4.69) is 15.5 Å². The predicted octanol–water partition coefficient (Wildman–Crippen LogP) is 2.76. The molecule has 2 saturated heterocycles. The first-order valence-electron chi connectivity index (χ1n) is 12.6. The van der Waals surface area contributed by atoms with E-state index in [0.717, 1.165) is 54.4 Å². The summed E-state index contributed by atoms with van der Waals surface area (Å²) in [7, 11) is 0. The van der Waals surface area contributed by atoms with Gasteiger partial charge < -0.3 is 15.4 Å². The van der Waals surface area contributed by atoms with Crippen molar-refractivity contribution >= 4 is 28.6 Å². The Morgan fingerprint density at radius 2 is 1.74 bits per heavy atom. The van der Waals surface area contributed by atoms with Crippen LogP contribution in [0.15, 0.2) is 42.5 Å². The Balaban J connectivity index is 1.26. The second-order valence-corrected chi connectivity index (χ2v) is 10.2. The fourth-order valence-corrected chi connectivity index (χ4v) is 5.85. The molecule has 2 N–H and O–H groups in total. The van der Waals surface area contributed by atoms with Crippen LogP contribution in [0.2, 0.25) is 0 Å². The fourth-order valence-electron chi connectivity index (χ4n) is 5.85. The Labute approximate surface area is 206 Å². The third kappa shape index (κ3) is 4.52. The molecule has 8 nitrogen and oxygen atoms in total. The Hall–Kier alpha value is -2.97. The SMILES string of the molecule is C[C@@]1(c2ccc3ccccc3c2)NC(=O)N(CC(=O)NCC2(N3CCOCC3)CCCCC2)C1=O. The molecule has 4 amide bonds. The molecule has 2 aliphatic heterocycles. The molecule has 35 heavy (non-hydrogen) atoms. The Morgan fingerprint density at radius 1 is 1.03 bits per heavy atom. The number of nitrogens with zero attached hydrogens (tertiary/aromatic N) is 2. The zero-order chi connectivity index (χ0) is 24.5. The van der Waals surface area contributed by atoms with Gasteiger partial charge in [0.1, 0.15) is 12.1 Å². The van der Waals surface area contributed by atoms with Gasteiger partial charge in [0, 0.05) is 25.2 Å². The highest BCUT2D eigenvalue weighted by molar-refractivity contribution is 6.09. The molecule has 0 aromatic heterocycles. The van der Waals surface area contributed by atoms with Crippen molar-refractivity contribution in [2.75, 3.05) is 39.4 Å². The first-order chi connectivity index (χ1) is 16.9. The highest BCUT2D eigenvalue weighted by atomic mass is 16.5. The van der Waals surface area contributed by atoms with Crippen LogP contribution in [0.1, 0.15) is 44.6 Å². The lowest BCUT2D eigenvalue weighted by atomic mass is 9.79. The van der Waals surface area contributed by atoms with Crippen LogP contribution in [0.5, 0.6) is 0 Å². The molecule has 0 spiro atoms. The average Bonchev–Trinajstić information content (AvgIpc) is 3.12. The Bertz CT molecular complexity index is 1120.